The number of methoxy groups -OCH3 is 1. The number of rotatable bonds is 6. The summed E-state index contributed by atoms with van der Waals surface area (Å²) in [6, 6.07) is 8.77. The zero-order valence-electron chi connectivity index (χ0n) is 15.7. The number of H-pyrrole nitrogens is 1. The third-order valence-corrected chi connectivity index (χ3v) is 4.76. The van der Waals surface area contributed by atoms with Crippen molar-refractivity contribution in [3.05, 3.63) is 52.2 Å². The fraction of sp³-hybridized carbons (Fsp3) is 0.450. The van der Waals surface area contributed by atoms with E-state index in [-0.39, 0.29) is 24.0 Å². The van der Waals surface area contributed by atoms with Crippen LogP contribution in [0.25, 0.3) is 0 Å². The van der Waals surface area contributed by atoms with Crippen molar-refractivity contribution in [2.75, 3.05) is 26.8 Å². The molecule has 2 heterocycles. The molecule has 0 spiro atoms. The molecule has 1 aromatic heterocycles. The molecule has 3 rings (SSSR count). The van der Waals surface area contributed by atoms with E-state index >= 15 is 0 Å². The Morgan fingerprint density at radius 2 is 2.11 bits per heavy atom. The van der Waals surface area contributed by atoms with Crippen LogP contribution in [-0.4, -0.2) is 47.6 Å². The van der Waals surface area contributed by atoms with Crippen molar-refractivity contribution in [3.8, 4) is 11.5 Å². The second kappa shape index (κ2) is 8.70. The van der Waals surface area contributed by atoms with Gasteiger partial charge in [0, 0.05) is 30.8 Å². The Labute approximate surface area is 158 Å². The van der Waals surface area contributed by atoms with Crippen molar-refractivity contribution in [2.24, 2.45) is 0 Å². The molecule has 0 radical (unpaired) electrons. The van der Waals surface area contributed by atoms with E-state index in [1.807, 2.05) is 19.1 Å². The summed E-state index contributed by atoms with van der Waals surface area (Å²) < 4.78 is 10.9. The molecule has 1 aliphatic rings. The van der Waals surface area contributed by atoms with E-state index in [1.165, 1.54) is 6.07 Å². The molecular formula is C20H25N3O4. The highest BCUT2D eigenvalue weighted by Crippen LogP contribution is 2.27. The van der Waals surface area contributed by atoms with E-state index in [9.17, 15) is 9.59 Å². The molecule has 7 heteroatoms. The Morgan fingerprint density at radius 3 is 2.85 bits per heavy atom. The lowest BCUT2D eigenvalue weighted by Crippen LogP contribution is -2.42. The van der Waals surface area contributed by atoms with Crippen LogP contribution in [0.5, 0.6) is 11.5 Å². The van der Waals surface area contributed by atoms with Gasteiger partial charge in [0.05, 0.1) is 7.11 Å². The van der Waals surface area contributed by atoms with Crippen molar-refractivity contribution in [2.45, 2.75) is 32.1 Å². The van der Waals surface area contributed by atoms with Crippen molar-refractivity contribution in [1.82, 2.24) is 14.9 Å². The molecule has 7 nitrogen and oxygen atoms in total. The van der Waals surface area contributed by atoms with E-state index in [1.54, 1.807) is 24.1 Å². The highest BCUT2D eigenvalue weighted by atomic mass is 16.5. The topological polar surface area (TPSA) is 84.5 Å². The van der Waals surface area contributed by atoms with E-state index in [2.05, 4.69) is 9.97 Å². The molecule has 144 valence electrons. The van der Waals surface area contributed by atoms with Gasteiger partial charge >= 0.3 is 0 Å². The molecule has 2 aromatic rings. The first-order valence-corrected chi connectivity index (χ1v) is 9.24. The van der Waals surface area contributed by atoms with Crippen LogP contribution in [-0.2, 0) is 11.2 Å². The Morgan fingerprint density at radius 1 is 1.33 bits per heavy atom. The van der Waals surface area contributed by atoms with Gasteiger partial charge in [-0.3, -0.25) is 9.59 Å². The number of piperidine rings is 1. The zero-order chi connectivity index (χ0) is 19.2. The summed E-state index contributed by atoms with van der Waals surface area (Å²) in [5, 5.41) is 0. The standard InChI is InChI=1S/C20H25N3O4/c1-3-15-11-18(24)22-20(21-15)14-7-6-10-23(12-14)19(25)13-27-17-9-5-4-8-16(17)26-2/h4-5,8-9,11,14H,3,6-7,10,12-13H2,1-2H3,(H,21,22,24). The van der Waals surface area contributed by atoms with Crippen LogP contribution in [0.15, 0.2) is 35.1 Å². The molecule has 1 N–H and O–H groups in total. The second-order valence-electron chi connectivity index (χ2n) is 6.59. The van der Waals surface area contributed by atoms with Crippen LogP contribution in [0.2, 0.25) is 0 Å². The van der Waals surface area contributed by atoms with E-state index in [0.29, 0.717) is 36.8 Å². The molecule has 1 aromatic carbocycles. The smallest absolute Gasteiger partial charge is 0.260 e. The zero-order valence-corrected chi connectivity index (χ0v) is 15.7. The number of carbonyl (C=O) groups excluding carboxylic acids is 1. The maximum absolute atomic E-state index is 12.6. The number of nitrogens with one attached hydrogen (secondary N) is 1. The number of ether oxygens (including phenoxy) is 2. The number of hydrogen-bond acceptors (Lipinski definition) is 5. The molecular weight excluding hydrogens is 346 g/mol. The van der Waals surface area contributed by atoms with Gasteiger partial charge < -0.3 is 19.4 Å². The molecule has 0 bridgehead atoms. The van der Waals surface area contributed by atoms with Crippen molar-refractivity contribution >= 4 is 5.91 Å². The molecule has 27 heavy (non-hydrogen) atoms. The lowest BCUT2D eigenvalue weighted by atomic mass is 9.97. The van der Waals surface area contributed by atoms with Gasteiger partial charge in [0.15, 0.2) is 18.1 Å². The summed E-state index contributed by atoms with van der Waals surface area (Å²) in [6.07, 6.45) is 2.47. The van der Waals surface area contributed by atoms with Gasteiger partial charge in [-0.2, -0.15) is 0 Å². The first-order valence-electron chi connectivity index (χ1n) is 9.24. The van der Waals surface area contributed by atoms with Gasteiger partial charge in [0.25, 0.3) is 11.5 Å². The van der Waals surface area contributed by atoms with Crippen molar-refractivity contribution in [1.29, 1.82) is 0 Å². The maximum atomic E-state index is 12.6. The number of carbonyl (C=O) groups is 1. The molecule has 1 fully saturated rings. The molecule has 1 saturated heterocycles. The lowest BCUT2D eigenvalue weighted by molar-refractivity contribution is -0.134. The Hall–Kier alpha value is -2.83. The number of benzene rings is 1. The van der Waals surface area contributed by atoms with Gasteiger partial charge in [-0.05, 0) is 31.4 Å². The molecule has 1 atom stereocenters. The number of hydrogen-bond donors (Lipinski definition) is 1. The highest BCUT2D eigenvalue weighted by Gasteiger charge is 2.26. The van der Waals surface area contributed by atoms with E-state index < -0.39 is 0 Å². The minimum absolute atomic E-state index is 0.0353. The highest BCUT2D eigenvalue weighted by molar-refractivity contribution is 5.78. The molecule has 1 unspecified atom stereocenters. The van der Waals surface area contributed by atoms with E-state index in [4.69, 9.17) is 9.47 Å². The van der Waals surface area contributed by atoms with E-state index in [0.717, 1.165) is 18.5 Å². The summed E-state index contributed by atoms with van der Waals surface area (Å²) in [6.45, 7) is 3.13. The molecule has 1 amide bonds. The summed E-state index contributed by atoms with van der Waals surface area (Å²) >= 11 is 0. The molecule has 0 aliphatic carbocycles. The third-order valence-electron chi connectivity index (χ3n) is 4.76. The first-order chi connectivity index (χ1) is 13.1. The maximum Gasteiger partial charge on any atom is 0.260 e. The van der Waals surface area contributed by atoms with Crippen molar-refractivity contribution < 1.29 is 14.3 Å². The minimum atomic E-state index is -0.139. The predicted octanol–water partition coefficient (Wildman–Crippen LogP) is 2.13. The number of amides is 1. The largest absolute Gasteiger partial charge is 0.493 e. The van der Waals surface area contributed by atoms with Gasteiger partial charge in [-0.1, -0.05) is 19.1 Å². The SMILES string of the molecule is CCc1cc(=O)[nH]c(C2CCCN(C(=O)COc3ccccc3OC)C2)n1. The number of likely N-dealkylation sites (tertiary alicyclic amines) is 1. The normalized spacial score (nSPS) is 16.8. The summed E-state index contributed by atoms with van der Waals surface area (Å²) in [5.74, 6) is 1.76. The average molecular weight is 371 g/mol. The monoisotopic (exact) mass is 371 g/mol. The minimum Gasteiger partial charge on any atom is -0.493 e. The summed E-state index contributed by atoms with van der Waals surface area (Å²) in [4.78, 5) is 33.6. The van der Waals surface area contributed by atoms with Gasteiger partial charge in [-0.15, -0.1) is 0 Å². The molecule has 1 aliphatic heterocycles. The van der Waals surface area contributed by atoms with Crippen LogP contribution >= 0.6 is 0 Å². The van der Waals surface area contributed by atoms with Crippen LogP contribution in [0.1, 0.15) is 37.2 Å². The van der Waals surface area contributed by atoms with Gasteiger partial charge in [0.1, 0.15) is 5.82 Å². The lowest BCUT2D eigenvalue weighted by Gasteiger charge is -2.32. The number of nitrogens with zero attached hydrogens (tertiary/aromatic N) is 2. The van der Waals surface area contributed by atoms with Crippen LogP contribution in [0.3, 0.4) is 0 Å². The third kappa shape index (κ3) is 4.67. The Balaban J connectivity index is 1.64. The quantitative estimate of drug-likeness (QED) is 0.841. The molecule has 0 saturated carbocycles. The predicted molar refractivity (Wildman–Crippen MR) is 101 cm³/mol. The van der Waals surface area contributed by atoms with Crippen LogP contribution in [0, 0.1) is 0 Å². The fourth-order valence-electron chi connectivity index (χ4n) is 3.30. The number of aromatic amines is 1. The number of aromatic nitrogens is 2. The van der Waals surface area contributed by atoms with Gasteiger partial charge in [-0.25, -0.2) is 4.98 Å². The Kier molecular flexibility index (Phi) is 6.11. The van der Waals surface area contributed by atoms with Crippen molar-refractivity contribution in [3.63, 3.8) is 0 Å². The summed E-state index contributed by atoms with van der Waals surface area (Å²) in [5.41, 5.74) is 0.636. The van der Waals surface area contributed by atoms with Crippen LogP contribution in [0.4, 0.5) is 0 Å². The number of aryl methyl sites for hydroxylation is 1. The van der Waals surface area contributed by atoms with Crippen LogP contribution < -0.4 is 15.0 Å². The second-order valence-corrected chi connectivity index (χ2v) is 6.59. The first kappa shape index (κ1) is 18.9. The number of para-hydroxylation sites is 2. The van der Waals surface area contributed by atoms with Gasteiger partial charge in [0.2, 0.25) is 0 Å². The Bertz CT molecular complexity index is 849. The average Bonchev–Trinajstić information content (AvgIpc) is 2.71. The summed E-state index contributed by atoms with van der Waals surface area (Å²) in [7, 11) is 1.57. The fourth-order valence-corrected chi connectivity index (χ4v) is 3.30.